The van der Waals surface area contributed by atoms with Gasteiger partial charge in [0.15, 0.2) is 5.41 Å². The van der Waals surface area contributed by atoms with Crippen LogP contribution >= 0.6 is 0 Å². The fourth-order valence-corrected chi connectivity index (χ4v) is 5.35. The first kappa shape index (κ1) is 22.7. The standard InChI is InChI=1S/C22H26N2O6S/c1-14-6-9-17(10-7-14)31(27,28)24-12-19(23-13-24)18-11-8-15(2)16(3)22(18,20(25)29-4)21(26)30-5/h6-10,12-13,16,18H,11H2,1-5H3/t16?,18-/m0/s1. The van der Waals surface area contributed by atoms with E-state index >= 15 is 0 Å². The number of benzene rings is 1. The monoisotopic (exact) mass is 446 g/mol. The number of nitrogens with zero attached hydrogens (tertiary/aromatic N) is 2. The Morgan fingerprint density at radius 2 is 1.68 bits per heavy atom. The van der Waals surface area contributed by atoms with E-state index in [9.17, 15) is 18.0 Å². The van der Waals surface area contributed by atoms with Gasteiger partial charge in [-0.2, -0.15) is 0 Å². The summed E-state index contributed by atoms with van der Waals surface area (Å²) in [6.07, 6.45) is 4.76. The van der Waals surface area contributed by atoms with Gasteiger partial charge in [0.2, 0.25) is 0 Å². The van der Waals surface area contributed by atoms with Crippen LogP contribution in [0.3, 0.4) is 0 Å². The molecule has 1 heterocycles. The lowest BCUT2D eigenvalue weighted by atomic mass is 9.59. The number of carbonyl (C=O) groups is 2. The molecule has 8 nitrogen and oxygen atoms in total. The van der Waals surface area contributed by atoms with Crippen LogP contribution in [0.15, 0.2) is 53.3 Å². The minimum Gasteiger partial charge on any atom is -0.468 e. The molecular weight excluding hydrogens is 420 g/mol. The number of carbonyl (C=O) groups excluding carboxylic acids is 2. The summed E-state index contributed by atoms with van der Waals surface area (Å²) in [5.41, 5.74) is 0.403. The van der Waals surface area contributed by atoms with Crippen LogP contribution in [0.25, 0.3) is 0 Å². The quantitative estimate of drug-likeness (QED) is 0.395. The van der Waals surface area contributed by atoms with Gasteiger partial charge in [-0.1, -0.05) is 36.3 Å². The van der Waals surface area contributed by atoms with Crippen molar-refractivity contribution in [3.63, 3.8) is 0 Å². The Labute approximate surface area is 181 Å². The highest BCUT2D eigenvalue weighted by atomic mass is 32.2. The zero-order chi connectivity index (χ0) is 23.0. The van der Waals surface area contributed by atoms with E-state index in [-0.39, 0.29) is 4.90 Å². The molecule has 0 saturated carbocycles. The fraction of sp³-hybridized carbons (Fsp3) is 0.409. The molecule has 0 amide bonds. The third kappa shape index (κ3) is 3.56. The smallest absolute Gasteiger partial charge is 0.324 e. The number of esters is 2. The number of allylic oxidation sites excluding steroid dienone is 2. The summed E-state index contributed by atoms with van der Waals surface area (Å²) in [5, 5.41) is 0. The minimum absolute atomic E-state index is 0.113. The molecule has 1 unspecified atom stereocenters. The van der Waals surface area contributed by atoms with Crippen LogP contribution < -0.4 is 0 Å². The molecule has 0 bridgehead atoms. The van der Waals surface area contributed by atoms with Crippen molar-refractivity contribution in [2.24, 2.45) is 11.3 Å². The zero-order valence-corrected chi connectivity index (χ0v) is 19.0. The number of ether oxygens (including phenoxy) is 2. The van der Waals surface area contributed by atoms with E-state index in [2.05, 4.69) is 4.98 Å². The van der Waals surface area contributed by atoms with Crippen LogP contribution in [0.2, 0.25) is 0 Å². The van der Waals surface area contributed by atoms with E-state index < -0.39 is 39.2 Å². The first-order valence-corrected chi connectivity index (χ1v) is 11.2. The first-order valence-electron chi connectivity index (χ1n) is 9.80. The van der Waals surface area contributed by atoms with Gasteiger partial charge in [0.25, 0.3) is 10.0 Å². The Balaban J connectivity index is 2.13. The highest BCUT2D eigenvalue weighted by Crippen LogP contribution is 2.51. The molecular formula is C22H26N2O6S. The Bertz CT molecular complexity index is 1120. The fourth-order valence-electron chi connectivity index (χ4n) is 4.20. The van der Waals surface area contributed by atoms with Gasteiger partial charge in [-0.05, 0) is 32.4 Å². The predicted molar refractivity (Wildman–Crippen MR) is 113 cm³/mol. The van der Waals surface area contributed by atoms with E-state index in [1.807, 2.05) is 19.9 Å². The van der Waals surface area contributed by atoms with Gasteiger partial charge in [0.05, 0.1) is 24.8 Å². The first-order chi connectivity index (χ1) is 14.6. The van der Waals surface area contributed by atoms with Gasteiger partial charge in [0, 0.05) is 18.0 Å². The lowest BCUT2D eigenvalue weighted by molar-refractivity contribution is -0.175. The van der Waals surface area contributed by atoms with Crippen LogP contribution in [-0.4, -0.2) is 43.5 Å². The van der Waals surface area contributed by atoms with Crippen LogP contribution in [0, 0.1) is 18.3 Å². The van der Waals surface area contributed by atoms with Gasteiger partial charge >= 0.3 is 11.9 Å². The van der Waals surface area contributed by atoms with Crippen molar-refractivity contribution in [2.75, 3.05) is 14.2 Å². The van der Waals surface area contributed by atoms with E-state index in [0.717, 1.165) is 15.1 Å². The largest absolute Gasteiger partial charge is 0.468 e. The molecule has 0 spiro atoms. The van der Waals surface area contributed by atoms with Gasteiger partial charge in [-0.25, -0.2) is 17.4 Å². The van der Waals surface area contributed by atoms with E-state index in [0.29, 0.717) is 12.1 Å². The van der Waals surface area contributed by atoms with Crippen molar-refractivity contribution in [2.45, 2.75) is 38.0 Å². The molecule has 0 fully saturated rings. The van der Waals surface area contributed by atoms with Crippen molar-refractivity contribution in [3.05, 3.63) is 59.7 Å². The maximum Gasteiger partial charge on any atom is 0.324 e. The molecule has 3 rings (SSSR count). The zero-order valence-electron chi connectivity index (χ0n) is 18.2. The minimum atomic E-state index is -3.88. The lowest BCUT2D eigenvalue weighted by Crippen LogP contribution is -2.52. The summed E-state index contributed by atoms with van der Waals surface area (Å²) < 4.78 is 37.1. The van der Waals surface area contributed by atoms with Crippen LogP contribution in [0.5, 0.6) is 0 Å². The average Bonchev–Trinajstić information content (AvgIpc) is 3.25. The van der Waals surface area contributed by atoms with E-state index in [4.69, 9.17) is 9.47 Å². The topological polar surface area (TPSA) is 105 Å². The molecule has 1 aliphatic carbocycles. The number of aromatic nitrogens is 2. The van der Waals surface area contributed by atoms with Crippen molar-refractivity contribution in [1.82, 2.24) is 8.96 Å². The van der Waals surface area contributed by atoms with Crippen LogP contribution in [0.4, 0.5) is 0 Å². The maximum atomic E-state index is 13.0. The Kier molecular flexibility index (Phi) is 6.09. The third-order valence-corrected chi connectivity index (χ3v) is 7.79. The van der Waals surface area contributed by atoms with Gasteiger partial charge in [0.1, 0.15) is 6.33 Å². The second kappa shape index (κ2) is 8.30. The molecule has 0 aliphatic heterocycles. The normalized spacial score (nSPS) is 20.6. The molecule has 0 N–H and O–H groups in total. The summed E-state index contributed by atoms with van der Waals surface area (Å²) in [4.78, 5) is 30.4. The van der Waals surface area contributed by atoms with Crippen LogP contribution in [-0.2, 0) is 29.1 Å². The SMILES string of the molecule is COC(=O)C1(C(=O)OC)C(C)C(C)=CC[C@H]1c1cn(S(=O)(=O)c2ccc(C)cc2)cn1. The number of aryl methyl sites for hydroxylation is 1. The molecule has 2 aromatic rings. The van der Waals surface area contributed by atoms with Crippen molar-refractivity contribution < 1.29 is 27.5 Å². The van der Waals surface area contributed by atoms with Gasteiger partial charge in [-0.15, -0.1) is 0 Å². The van der Waals surface area contributed by atoms with Gasteiger partial charge in [-0.3, -0.25) is 9.59 Å². The summed E-state index contributed by atoms with van der Waals surface area (Å²) in [6.45, 7) is 5.46. The predicted octanol–water partition coefficient (Wildman–Crippen LogP) is 2.83. The second-order valence-corrected chi connectivity index (χ2v) is 9.60. The van der Waals surface area contributed by atoms with Crippen molar-refractivity contribution >= 4 is 22.0 Å². The van der Waals surface area contributed by atoms with Gasteiger partial charge < -0.3 is 9.47 Å². The number of hydrogen-bond donors (Lipinski definition) is 0. The molecule has 1 aromatic heterocycles. The number of hydrogen-bond acceptors (Lipinski definition) is 7. The van der Waals surface area contributed by atoms with Crippen molar-refractivity contribution in [1.29, 1.82) is 0 Å². The molecule has 2 atom stereocenters. The highest BCUT2D eigenvalue weighted by Gasteiger charge is 2.60. The highest BCUT2D eigenvalue weighted by molar-refractivity contribution is 7.90. The molecule has 31 heavy (non-hydrogen) atoms. The summed E-state index contributed by atoms with van der Waals surface area (Å²) in [5.74, 6) is -2.74. The Morgan fingerprint density at radius 1 is 1.10 bits per heavy atom. The Hall–Kier alpha value is -2.94. The Morgan fingerprint density at radius 3 is 2.23 bits per heavy atom. The molecule has 1 aromatic carbocycles. The number of rotatable bonds is 5. The number of methoxy groups -OCH3 is 2. The maximum absolute atomic E-state index is 13.0. The number of imidazole rings is 1. The lowest BCUT2D eigenvalue weighted by Gasteiger charge is -2.42. The van der Waals surface area contributed by atoms with Crippen LogP contribution in [0.1, 0.15) is 37.4 Å². The summed E-state index contributed by atoms with van der Waals surface area (Å²) in [6, 6.07) is 6.46. The summed E-state index contributed by atoms with van der Waals surface area (Å²) in [7, 11) is -1.45. The average molecular weight is 447 g/mol. The second-order valence-electron chi connectivity index (χ2n) is 7.76. The molecule has 166 valence electrons. The van der Waals surface area contributed by atoms with Crippen molar-refractivity contribution in [3.8, 4) is 0 Å². The van der Waals surface area contributed by atoms with E-state index in [1.54, 1.807) is 19.1 Å². The molecule has 9 heteroatoms. The van der Waals surface area contributed by atoms with E-state index in [1.165, 1.54) is 38.9 Å². The third-order valence-electron chi connectivity index (χ3n) is 6.17. The molecule has 0 saturated heterocycles. The molecule has 0 radical (unpaired) electrons. The molecule has 1 aliphatic rings. The summed E-state index contributed by atoms with van der Waals surface area (Å²) >= 11 is 0.